The second-order valence-electron chi connectivity index (χ2n) is 8.38. The molecule has 1 amide bonds. The number of nitrogens with zero attached hydrogens (tertiary/aromatic N) is 1. The van der Waals surface area contributed by atoms with E-state index in [1.807, 2.05) is 30.5 Å². The lowest BCUT2D eigenvalue weighted by molar-refractivity contribution is -0.146. The van der Waals surface area contributed by atoms with Gasteiger partial charge in [-0.15, -0.1) is 0 Å². The summed E-state index contributed by atoms with van der Waals surface area (Å²) in [4.78, 5) is 33.0. The van der Waals surface area contributed by atoms with Crippen molar-refractivity contribution in [3.8, 4) is 0 Å². The summed E-state index contributed by atoms with van der Waals surface area (Å²) >= 11 is 0. The van der Waals surface area contributed by atoms with Crippen LogP contribution in [-0.4, -0.2) is 34.5 Å². The van der Waals surface area contributed by atoms with Gasteiger partial charge in [0.15, 0.2) is 5.69 Å². The van der Waals surface area contributed by atoms with E-state index in [1.54, 1.807) is 6.92 Å². The SMILES string of the molecule is CCCCCCCCOC(=O)C(Cc1c[nH]c2ccccc12)NC(=O)c1coc(C(C)N)n1. The summed E-state index contributed by atoms with van der Waals surface area (Å²) in [6, 6.07) is 6.54. The van der Waals surface area contributed by atoms with Crippen molar-refractivity contribution in [2.45, 2.75) is 70.9 Å². The number of unbranched alkanes of at least 4 members (excludes halogenated alkanes) is 5. The minimum absolute atomic E-state index is 0.0787. The number of H-pyrrole nitrogens is 1. The third-order valence-corrected chi connectivity index (χ3v) is 5.58. The van der Waals surface area contributed by atoms with Gasteiger partial charge >= 0.3 is 5.97 Å². The lowest BCUT2D eigenvalue weighted by atomic mass is 10.0. The molecule has 0 saturated carbocycles. The molecule has 0 spiro atoms. The summed E-state index contributed by atoms with van der Waals surface area (Å²) in [5, 5.41) is 3.77. The number of aromatic amines is 1. The van der Waals surface area contributed by atoms with Crippen LogP contribution in [0.15, 0.2) is 41.1 Å². The number of oxazole rings is 1. The third-order valence-electron chi connectivity index (χ3n) is 5.58. The Balaban J connectivity index is 1.66. The summed E-state index contributed by atoms with van der Waals surface area (Å²) in [6.45, 7) is 4.23. The van der Waals surface area contributed by atoms with Crippen LogP contribution < -0.4 is 11.1 Å². The number of hydrogen-bond acceptors (Lipinski definition) is 6. The number of amides is 1. The maximum Gasteiger partial charge on any atom is 0.328 e. The molecule has 3 rings (SSSR count). The van der Waals surface area contributed by atoms with Crippen molar-refractivity contribution in [2.75, 3.05) is 6.61 Å². The summed E-state index contributed by atoms with van der Waals surface area (Å²) in [5.74, 6) is -0.705. The van der Waals surface area contributed by atoms with E-state index in [-0.39, 0.29) is 11.6 Å². The average Bonchev–Trinajstić information content (AvgIpc) is 3.46. The van der Waals surface area contributed by atoms with Crippen LogP contribution in [0.3, 0.4) is 0 Å². The molecule has 33 heavy (non-hydrogen) atoms. The van der Waals surface area contributed by atoms with E-state index in [4.69, 9.17) is 14.9 Å². The van der Waals surface area contributed by atoms with Crippen LogP contribution in [0.2, 0.25) is 0 Å². The number of carbonyl (C=O) groups is 2. The van der Waals surface area contributed by atoms with Gasteiger partial charge in [-0.1, -0.05) is 57.2 Å². The fourth-order valence-corrected chi connectivity index (χ4v) is 3.70. The predicted octanol–water partition coefficient (Wildman–Crippen LogP) is 4.42. The van der Waals surface area contributed by atoms with Crippen molar-refractivity contribution in [1.82, 2.24) is 15.3 Å². The Kier molecular flexibility index (Phi) is 9.06. The standard InChI is InChI=1S/C25H34N4O4/c1-3-4-5-6-7-10-13-32-25(31)21(14-18-15-27-20-12-9-8-11-19(18)20)28-23(30)22-16-33-24(29-22)17(2)26/h8-9,11-12,15-17,21,27H,3-7,10,13-14,26H2,1-2H3,(H,28,30). The van der Waals surface area contributed by atoms with Gasteiger partial charge in [0.2, 0.25) is 5.89 Å². The lowest BCUT2D eigenvalue weighted by Crippen LogP contribution is -2.43. The van der Waals surface area contributed by atoms with Crippen molar-refractivity contribution in [1.29, 1.82) is 0 Å². The number of nitrogens with two attached hydrogens (primary N) is 1. The molecule has 0 aliphatic rings. The van der Waals surface area contributed by atoms with Gasteiger partial charge in [-0.2, -0.15) is 0 Å². The molecule has 0 radical (unpaired) electrons. The van der Waals surface area contributed by atoms with E-state index < -0.39 is 24.0 Å². The molecule has 0 bridgehead atoms. The molecule has 2 heterocycles. The van der Waals surface area contributed by atoms with Crippen LogP contribution in [0.25, 0.3) is 10.9 Å². The second kappa shape index (κ2) is 12.2. The smallest absolute Gasteiger partial charge is 0.328 e. The van der Waals surface area contributed by atoms with Crippen LogP contribution in [0.1, 0.15) is 80.4 Å². The Morgan fingerprint density at radius 3 is 2.70 bits per heavy atom. The Hall–Kier alpha value is -3.13. The van der Waals surface area contributed by atoms with Gasteiger partial charge in [0.25, 0.3) is 5.91 Å². The van der Waals surface area contributed by atoms with Crippen LogP contribution >= 0.6 is 0 Å². The molecule has 178 valence electrons. The van der Waals surface area contributed by atoms with Gasteiger partial charge in [0, 0.05) is 23.5 Å². The minimum Gasteiger partial charge on any atom is -0.464 e. The van der Waals surface area contributed by atoms with Crippen molar-refractivity contribution < 1.29 is 18.7 Å². The molecule has 1 aromatic carbocycles. The van der Waals surface area contributed by atoms with Crippen molar-refractivity contribution >= 4 is 22.8 Å². The molecule has 0 fully saturated rings. The van der Waals surface area contributed by atoms with Crippen LogP contribution in [-0.2, 0) is 16.0 Å². The lowest BCUT2D eigenvalue weighted by Gasteiger charge is -2.17. The number of aromatic nitrogens is 2. The third kappa shape index (κ3) is 6.92. The fourth-order valence-electron chi connectivity index (χ4n) is 3.70. The largest absolute Gasteiger partial charge is 0.464 e. The molecule has 2 atom stereocenters. The highest BCUT2D eigenvalue weighted by atomic mass is 16.5. The Bertz CT molecular complexity index is 1040. The topological polar surface area (TPSA) is 123 Å². The minimum atomic E-state index is -0.854. The van der Waals surface area contributed by atoms with Crippen molar-refractivity contribution in [3.05, 3.63) is 53.9 Å². The number of fused-ring (bicyclic) bond motifs is 1. The summed E-state index contributed by atoms with van der Waals surface area (Å²) < 4.78 is 10.8. The average molecular weight is 455 g/mol. The van der Waals surface area contributed by atoms with E-state index >= 15 is 0 Å². The van der Waals surface area contributed by atoms with E-state index in [1.165, 1.54) is 25.5 Å². The zero-order chi connectivity index (χ0) is 23.6. The van der Waals surface area contributed by atoms with Crippen LogP contribution in [0, 0.1) is 0 Å². The second-order valence-corrected chi connectivity index (χ2v) is 8.38. The van der Waals surface area contributed by atoms with E-state index in [9.17, 15) is 9.59 Å². The first-order chi connectivity index (χ1) is 16.0. The zero-order valence-electron chi connectivity index (χ0n) is 19.4. The molecule has 8 heteroatoms. The maximum atomic E-state index is 12.9. The maximum absolute atomic E-state index is 12.9. The van der Waals surface area contributed by atoms with Gasteiger partial charge < -0.3 is 25.2 Å². The molecule has 4 N–H and O–H groups in total. The van der Waals surface area contributed by atoms with E-state index in [0.717, 1.165) is 35.7 Å². The first kappa shape index (κ1) is 24.5. The molecule has 2 unspecified atom stereocenters. The Morgan fingerprint density at radius 2 is 1.94 bits per heavy atom. The van der Waals surface area contributed by atoms with Gasteiger partial charge in [0.1, 0.15) is 12.3 Å². The molecule has 0 saturated heterocycles. The number of rotatable bonds is 13. The number of para-hydroxylation sites is 1. The molecular weight excluding hydrogens is 420 g/mol. The number of ether oxygens (including phenoxy) is 1. The monoisotopic (exact) mass is 454 g/mol. The molecule has 2 aromatic heterocycles. The predicted molar refractivity (Wildman–Crippen MR) is 127 cm³/mol. The number of carbonyl (C=O) groups excluding carboxylic acids is 2. The molecular formula is C25H34N4O4. The van der Waals surface area contributed by atoms with E-state index in [0.29, 0.717) is 13.0 Å². The molecule has 3 aromatic rings. The molecule has 8 nitrogen and oxygen atoms in total. The quantitative estimate of drug-likeness (QED) is 0.259. The van der Waals surface area contributed by atoms with Crippen LogP contribution in [0.4, 0.5) is 0 Å². The summed E-state index contributed by atoms with van der Waals surface area (Å²) in [5.41, 5.74) is 7.73. The first-order valence-electron chi connectivity index (χ1n) is 11.7. The first-order valence-corrected chi connectivity index (χ1v) is 11.7. The Morgan fingerprint density at radius 1 is 1.18 bits per heavy atom. The highest BCUT2D eigenvalue weighted by molar-refractivity contribution is 5.95. The Labute approximate surface area is 194 Å². The van der Waals surface area contributed by atoms with E-state index in [2.05, 4.69) is 22.2 Å². The molecule has 0 aliphatic carbocycles. The van der Waals surface area contributed by atoms with Crippen LogP contribution in [0.5, 0.6) is 0 Å². The van der Waals surface area contributed by atoms with Crippen molar-refractivity contribution in [2.24, 2.45) is 5.73 Å². The number of nitrogens with one attached hydrogen (secondary N) is 2. The summed E-state index contributed by atoms with van der Waals surface area (Å²) in [6.07, 6.45) is 9.99. The fraction of sp³-hybridized carbons (Fsp3) is 0.480. The highest BCUT2D eigenvalue weighted by Crippen LogP contribution is 2.20. The van der Waals surface area contributed by atoms with Gasteiger partial charge in [-0.3, -0.25) is 4.79 Å². The number of esters is 1. The van der Waals surface area contributed by atoms with Crippen molar-refractivity contribution in [3.63, 3.8) is 0 Å². The number of hydrogen-bond donors (Lipinski definition) is 3. The van der Waals surface area contributed by atoms with Gasteiger partial charge in [0.05, 0.1) is 12.6 Å². The normalized spacial score (nSPS) is 13.1. The number of benzene rings is 1. The zero-order valence-corrected chi connectivity index (χ0v) is 19.4. The highest BCUT2D eigenvalue weighted by Gasteiger charge is 2.26. The van der Waals surface area contributed by atoms with Gasteiger partial charge in [-0.05, 0) is 25.0 Å². The van der Waals surface area contributed by atoms with Gasteiger partial charge in [-0.25, -0.2) is 9.78 Å². The summed E-state index contributed by atoms with van der Waals surface area (Å²) in [7, 11) is 0. The molecule has 0 aliphatic heterocycles.